The van der Waals surface area contributed by atoms with Gasteiger partial charge in [0.05, 0.1) is 5.69 Å². The van der Waals surface area contributed by atoms with E-state index in [4.69, 9.17) is 5.73 Å². The molecule has 3 nitrogen and oxygen atoms in total. The lowest BCUT2D eigenvalue weighted by molar-refractivity contribution is 0.106. The zero-order valence-corrected chi connectivity index (χ0v) is 13.0. The van der Waals surface area contributed by atoms with Crippen molar-refractivity contribution >= 4 is 0 Å². The normalized spacial score (nSPS) is 21.5. The van der Waals surface area contributed by atoms with Gasteiger partial charge in [-0.3, -0.25) is 4.68 Å². The number of rotatable bonds is 4. The predicted molar refractivity (Wildman–Crippen MR) is 80.0 cm³/mol. The Bertz CT molecular complexity index is 421. The minimum Gasteiger partial charge on any atom is -0.330 e. The van der Waals surface area contributed by atoms with Gasteiger partial charge in [0, 0.05) is 12.7 Å². The van der Waals surface area contributed by atoms with Crippen LogP contribution in [0.15, 0.2) is 6.07 Å². The van der Waals surface area contributed by atoms with E-state index in [1.54, 1.807) is 0 Å². The molecular formula is C16H29N3. The van der Waals surface area contributed by atoms with Crippen LogP contribution in [0, 0.1) is 10.8 Å². The Balaban J connectivity index is 2.12. The summed E-state index contributed by atoms with van der Waals surface area (Å²) in [5, 5.41) is 4.56. The van der Waals surface area contributed by atoms with Crippen LogP contribution in [-0.2, 0) is 19.9 Å². The number of nitrogens with two attached hydrogens (primary N) is 1. The van der Waals surface area contributed by atoms with E-state index >= 15 is 0 Å². The molecular weight excluding hydrogens is 234 g/mol. The molecule has 1 aromatic heterocycles. The predicted octanol–water partition coefficient (Wildman–Crippen LogP) is 3.07. The molecule has 2 rings (SSSR count). The highest BCUT2D eigenvalue weighted by molar-refractivity contribution is 5.13. The number of hydrogen-bond donors (Lipinski definition) is 1. The molecule has 1 saturated carbocycles. The van der Waals surface area contributed by atoms with Crippen LogP contribution in [0.4, 0.5) is 0 Å². The molecule has 0 atom stereocenters. The van der Waals surface area contributed by atoms with E-state index in [1.807, 2.05) is 0 Å². The highest BCUT2D eigenvalue weighted by Gasteiger charge is 2.37. The summed E-state index contributed by atoms with van der Waals surface area (Å²) < 4.78 is 2.05. The summed E-state index contributed by atoms with van der Waals surface area (Å²) in [6.07, 6.45) is 7.19. The fourth-order valence-electron chi connectivity index (χ4n) is 3.20. The first-order valence-electron chi connectivity index (χ1n) is 7.62. The maximum Gasteiger partial charge on any atom is 0.0624 e. The lowest BCUT2D eigenvalue weighted by Gasteiger charge is -2.43. The first-order valence-corrected chi connectivity index (χ1v) is 7.62. The lowest BCUT2D eigenvalue weighted by atomic mass is 9.63. The summed E-state index contributed by atoms with van der Waals surface area (Å²) >= 11 is 0. The molecule has 3 heteroatoms. The van der Waals surface area contributed by atoms with Gasteiger partial charge in [-0.15, -0.1) is 0 Å². The van der Waals surface area contributed by atoms with Gasteiger partial charge in [0.2, 0.25) is 0 Å². The molecule has 0 aliphatic heterocycles. The molecule has 1 heterocycles. The highest BCUT2D eigenvalue weighted by atomic mass is 15.3. The monoisotopic (exact) mass is 263 g/mol. The highest BCUT2D eigenvalue weighted by Crippen LogP contribution is 2.46. The molecule has 108 valence electrons. The van der Waals surface area contributed by atoms with E-state index in [-0.39, 0.29) is 0 Å². The molecule has 0 radical (unpaired) electrons. The number of aromatic nitrogens is 2. The summed E-state index contributed by atoms with van der Waals surface area (Å²) in [5.41, 5.74) is 9.48. The molecule has 19 heavy (non-hydrogen) atoms. The van der Waals surface area contributed by atoms with Gasteiger partial charge in [-0.25, -0.2) is 0 Å². The Morgan fingerprint density at radius 1 is 1.26 bits per heavy atom. The molecule has 1 fully saturated rings. The van der Waals surface area contributed by atoms with Crippen LogP contribution in [0.1, 0.15) is 57.8 Å². The van der Waals surface area contributed by atoms with E-state index in [2.05, 4.69) is 43.7 Å². The third-order valence-corrected chi connectivity index (χ3v) is 5.04. The molecule has 1 aliphatic rings. The summed E-state index contributed by atoms with van der Waals surface area (Å²) in [7, 11) is 2.06. The second kappa shape index (κ2) is 5.28. The van der Waals surface area contributed by atoms with Gasteiger partial charge in [-0.05, 0) is 62.0 Å². The standard InChI is InChI=1S/C16H29N3/c1-5-13-10-14(19(4)18-13)11-16(12-17)8-6-15(2,3)7-9-16/h10H,5-9,11-12,17H2,1-4H3. The second-order valence-electron chi connectivity index (χ2n) is 7.15. The van der Waals surface area contributed by atoms with Crippen molar-refractivity contribution in [2.75, 3.05) is 6.54 Å². The van der Waals surface area contributed by atoms with E-state index in [9.17, 15) is 0 Å². The first kappa shape index (κ1) is 14.6. The summed E-state index contributed by atoms with van der Waals surface area (Å²) in [6.45, 7) is 7.73. The van der Waals surface area contributed by atoms with Crippen LogP contribution in [0.2, 0.25) is 0 Å². The Morgan fingerprint density at radius 2 is 1.89 bits per heavy atom. The molecule has 0 bridgehead atoms. The van der Waals surface area contributed by atoms with Crippen molar-refractivity contribution in [1.29, 1.82) is 0 Å². The SMILES string of the molecule is CCc1cc(CC2(CN)CCC(C)(C)CC2)n(C)n1. The van der Waals surface area contributed by atoms with Crippen molar-refractivity contribution in [1.82, 2.24) is 9.78 Å². The largest absolute Gasteiger partial charge is 0.330 e. The fraction of sp³-hybridized carbons (Fsp3) is 0.812. The maximum atomic E-state index is 6.13. The van der Waals surface area contributed by atoms with E-state index < -0.39 is 0 Å². The van der Waals surface area contributed by atoms with E-state index in [1.165, 1.54) is 37.1 Å². The van der Waals surface area contributed by atoms with Gasteiger partial charge in [-0.1, -0.05) is 20.8 Å². The average molecular weight is 263 g/mol. The van der Waals surface area contributed by atoms with Crippen molar-refractivity contribution in [2.45, 2.75) is 59.3 Å². The summed E-state index contributed by atoms with van der Waals surface area (Å²) in [6, 6.07) is 2.26. The molecule has 0 aromatic carbocycles. The molecule has 2 N–H and O–H groups in total. The van der Waals surface area contributed by atoms with Gasteiger partial charge in [-0.2, -0.15) is 5.10 Å². The van der Waals surface area contributed by atoms with Crippen LogP contribution < -0.4 is 5.73 Å². The molecule has 0 spiro atoms. The number of nitrogens with zero attached hydrogens (tertiary/aromatic N) is 2. The molecule has 0 amide bonds. The van der Waals surface area contributed by atoms with Gasteiger partial charge < -0.3 is 5.73 Å². The second-order valence-corrected chi connectivity index (χ2v) is 7.15. The number of hydrogen-bond acceptors (Lipinski definition) is 2. The minimum absolute atomic E-state index is 0.300. The lowest BCUT2D eigenvalue weighted by Crippen LogP contribution is -2.39. The van der Waals surface area contributed by atoms with E-state index in [0.717, 1.165) is 19.4 Å². The summed E-state index contributed by atoms with van der Waals surface area (Å²) in [4.78, 5) is 0. The van der Waals surface area contributed by atoms with Gasteiger partial charge in [0.25, 0.3) is 0 Å². The van der Waals surface area contributed by atoms with Gasteiger partial charge in [0.1, 0.15) is 0 Å². The smallest absolute Gasteiger partial charge is 0.0624 e. The zero-order chi connectivity index (χ0) is 14.1. The Labute approximate surface area is 117 Å². The van der Waals surface area contributed by atoms with Crippen LogP contribution in [0.3, 0.4) is 0 Å². The first-order chi connectivity index (χ1) is 8.90. The van der Waals surface area contributed by atoms with Crippen LogP contribution in [0.25, 0.3) is 0 Å². The van der Waals surface area contributed by atoms with Crippen molar-refractivity contribution in [2.24, 2.45) is 23.6 Å². The van der Waals surface area contributed by atoms with Crippen molar-refractivity contribution in [3.8, 4) is 0 Å². The van der Waals surface area contributed by atoms with Crippen LogP contribution in [0.5, 0.6) is 0 Å². The molecule has 1 aromatic rings. The maximum absolute atomic E-state index is 6.13. The molecule has 1 aliphatic carbocycles. The summed E-state index contributed by atoms with van der Waals surface area (Å²) in [5.74, 6) is 0. The quantitative estimate of drug-likeness (QED) is 0.907. The topological polar surface area (TPSA) is 43.8 Å². The molecule has 0 saturated heterocycles. The average Bonchev–Trinajstić information content (AvgIpc) is 2.73. The number of aryl methyl sites for hydroxylation is 2. The van der Waals surface area contributed by atoms with Gasteiger partial charge >= 0.3 is 0 Å². The Hall–Kier alpha value is -0.830. The van der Waals surface area contributed by atoms with E-state index in [0.29, 0.717) is 10.8 Å². The van der Waals surface area contributed by atoms with Crippen molar-refractivity contribution < 1.29 is 0 Å². The van der Waals surface area contributed by atoms with Crippen molar-refractivity contribution in [3.63, 3.8) is 0 Å². The van der Waals surface area contributed by atoms with Crippen molar-refractivity contribution in [3.05, 3.63) is 17.5 Å². The Kier molecular flexibility index (Phi) is 4.05. The Morgan fingerprint density at radius 3 is 2.37 bits per heavy atom. The third-order valence-electron chi connectivity index (χ3n) is 5.04. The third kappa shape index (κ3) is 3.19. The van der Waals surface area contributed by atoms with Gasteiger partial charge in [0.15, 0.2) is 0 Å². The van der Waals surface area contributed by atoms with Crippen LogP contribution in [-0.4, -0.2) is 16.3 Å². The molecule has 0 unspecified atom stereocenters. The zero-order valence-electron chi connectivity index (χ0n) is 13.0. The minimum atomic E-state index is 0.300. The van der Waals surface area contributed by atoms with Crippen LogP contribution >= 0.6 is 0 Å². The fourth-order valence-corrected chi connectivity index (χ4v) is 3.20.